The number of hydrogen-bond acceptors (Lipinski definition) is 5. The summed E-state index contributed by atoms with van der Waals surface area (Å²) in [6.07, 6.45) is 5.51. The summed E-state index contributed by atoms with van der Waals surface area (Å²) >= 11 is 0. The number of hydrogen-bond donors (Lipinski definition) is 1. The number of likely N-dealkylation sites (tertiary alicyclic amines) is 1. The first-order chi connectivity index (χ1) is 13.2. The van der Waals surface area contributed by atoms with Crippen LogP contribution in [0.25, 0.3) is 0 Å². The molecule has 2 aromatic rings. The molecule has 1 aromatic carbocycles. The lowest BCUT2D eigenvalue weighted by Crippen LogP contribution is -2.36. The van der Waals surface area contributed by atoms with Gasteiger partial charge in [-0.25, -0.2) is 9.67 Å². The predicted molar refractivity (Wildman–Crippen MR) is 99.0 cm³/mol. The van der Waals surface area contributed by atoms with E-state index in [2.05, 4.69) is 10.1 Å². The highest BCUT2D eigenvalue weighted by atomic mass is 16.5. The van der Waals surface area contributed by atoms with Gasteiger partial charge in [0.15, 0.2) is 0 Å². The molecule has 4 atom stereocenters. The Morgan fingerprint density at radius 2 is 1.96 bits per heavy atom. The van der Waals surface area contributed by atoms with Crippen molar-refractivity contribution in [1.29, 1.82) is 0 Å². The number of nitrogens with zero attached hydrogens (tertiary/aromatic N) is 4. The molecule has 0 unspecified atom stereocenters. The maximum absolute atomic E-state index is 12.6. The minimum Gasteiger partial charge on any atom is -0.494 e. The van der Waals surface area contributed by atoms with Crippen LogP contribution < -0.4 is 4.74 Å². The SMILES string of the molecule is O=C(CCCOc1ccccc1)N1C[C@H]2C[C@@H](n3cncn3)[C@H](O)C[C@H]2C1. The topological polar surface area (TPSA) is 80.5 Å². The van der Waals surface area contributed by atoms with Crippen LogP contribution in [-0.2, 0) is 4.79 Å². The molecule has 0 radical (unpaired) electrons. The van der Waals surface area contributed by atoms with Crippen LogP contribution in [0, 0.1) is 11.8 Å². The van der Waals surface area contributed by atoms with Crippen molar-refractivity contribution in [3.63, 3.8) is 0 Å². The number of carbonyl (C=O) groups is 1. The van der Waals surface area contributed by atoms with Gasteiger partial charge < -0.3 is 14.7 Å². The van der Waals surface area contributed by atoms with Crippen LogP contribution in [0.2, 0.25) is 0 Å². The van der Waals surface area contributed by atoms with Gasteiger partial charge in [0.25, 0.3) is 0 Å². The third kappa shape index (κ3) is 4.13. The quantitative estimate of drug-likeness (QED) is 0.786. The fourth-order valence-corrected chi connectivity index (χ4v) is 4.37. The molecule has 1 aromatic heterocycles. The number of para-hydroxylation sites is 1. The first-order valence-corrected chi connectivity index (χ1v) is 9.68. The number of rotatable bonds is 6. The van der Waals surface area contributed by atoms with Crippen molar-refractivity contribution in [2.45, 2.75) is 37.8 Å². The second kappa shape index (κ2) is 8.08. The Balaban J connectivity index is 1.24. The molecule has 144 valence electrons. The smallest absolute Gasteiger partial charge is 0.222 e. The van der Waals surface area contributed by atoms with E-state index >= 15 is 0 Å². The number of aliphatic hydroxyl groups excluding tert-OH is 1. The van der Waals surface area contributed by atoms with Gasteiger partial charge in [0.05, 0.1) is 18.8 Å². The Labute approximate surface area is 159 Å². The Morgan fingerprint density at radius 1 is 1.19 bits per heavy atom. The summed E-state index contributed by atoms with van der Waals surface area (Å²) in [4.78, 5) is 18.5. The average Bonchev–Trinajstić information content (AvgIpc) is 3.34. The summed E-state index contributed by atoms with van der Waals surface area (Å²) in [5, 5.41) is 14.7. The highest BCUT2D eigenvalue weighted by Gasteiger charge is 2.43. The number of aromatic nitrogens is 3. The van der Waals surface area contributed by atoms with E-state index in [1.807, 2.05) is 35.2 Å². The zero-order valence-corrected chi connectivity index (χ0v) is 15.4. The van der Waals surface area contributed by atoms with Crippen LogP contribution in [-0.4, -0.2) is 56.5 Å². The van der Waals surface area contributed by atoms with Gasteiger partial charge in [0.2, 0.25) is 5.91 Å². The van der Waals surface area contributed by atoms with Crippen LogP contribution in [0.3, 0.4) is 0 Å². The van der Waals surface area contributed by atoms with Crippen molar-refractivity contribution < 1.29 is 14.6 Å². The fourth-order valence-electron chi connectivity index (χ4n) is 4.37. The molecular formula is C20H26N4O3. The van der Waals surface area contributed by atoms with E-state index < -0.39 is 6.10 Å². The molecule has 1 saturated carbocycles. The zero-order chi connectivity index (χ0) is 18.6. The Hall–Kier alpha value is -2.41. The predicted octanol–water partition coefficient (Wildman–Crippen LogP) is 1.91. The first kappa shape index (κ1) is 18.0. The van der Waals surface area contributed by atoms with Crippen LogP contribution in [0.15, 0.2) is 43.0 Å². The van der Waals surface area contributed by atoms with Gasteiger partial charge in [-0.05, 0) is 43.2 Å². The maximum atomic E-state index is 12.6. The minimum atomic E-state index is -0.428. The van der Waals surface area contributed by atoms with Crippen LogP contribution >= 0.6 is 0 Å². The molecule has 1 saturated heterocycles. The molecule has 1 amide bonds. The van der Waals surface area contributed by atoms with E-state index in [4.69, 9.17) is 4.74 Å². The Kier molecular flexibility index (Phi) is 5.38. The first-order valence-electron chi connectivity index (χ1n) is 9.68. The number of fused-ring (bicyclic) bond motifs is 1. The van der Waals surface area contributed by atoms with Crippen LogP contribution in [0.5, 0.6) is 5.75 Å². The van der Waals surface area contributed by atoms with Gasteiger partial charge in [-0.15, -0.1) is 0 Å². The van der Waals surface area contributed by atoms with E-state index in [1.54, 1.807) is 11.0 Å². The van der Waals surface area contributed by atoms with Crippen molar-refractivity contribution in [3.8, 4) is 5.75 Å². The second-order valence-electron chi connectivity index (χ2n) is 7.57. The van der Waals surface area contributed by atoms with Crippen LogP contribution in [0.1, 0.15) is 31.7 Å². The lowest BCUT2D eigenvalue weighted by molar-refractivity contribution is -0.130. The highest BCUT2D eigenvalue weighted by Crippen LogP contribution is 2.41. The van der Waals surface area contributed by atoms with Gasteiger partial charge >= 0.3 is 0 Å². The van der Waals surface area contributed by atoms with E-state index in [-0.39, 0.29) is 11.9 Å². The third-order valence-corrected chi connectivity index (χ3v) is 5.79. The van der Waals surface area contributed by atoms with E-state index in [0.29, 0.717) is 31.3 Å². The van der Waals surface area contributed by atoms with Crippen LogP contribution in [0.4, 0.5) is 0 Å². The van der Waals surface area contributed by atoms with Crippen molar-refractivity contribution in [1.82, 2.24) is 19.7 Å². The number of benzene rings is 1. The standard InChI is InChI=1S/C20H26N4O3/c25-19-10-16-12-23(11-15(16)9-18(19)24-14-21-13-22-24)20(26)7-4-8-27-17-5-2-1-3-6-17/h1-3,5-6,13-16,18-19,25H,4,7-12H2/t15-,16+,18-,19-/m1/s1. The van der Waals surface area contributed by atoms with Crippen molar-refractivity contribution in [2.75, 3.05) is 19.7 Å². The third-order valence-electron chi connectivity index (χ3n) is 5.79. The monoisotopic (exact) mass is 370 g/mol. The minimum absolute atomic E-state index is 0.0388. The van der Waals surface area contributed by atoms with Gasteiger partial charge in [-0.1, -0.05) is 18.2 Å². The average molecular weight is 370 g/mol. The normalized spacial score (nSPS) is 27.4. The molecule has 27 heavy (non-hydrogen) atoms. The van der Waals surface area contributed by atoms with Crippen molar-refractivity contribution >= 4 is 5.91 Å². The van der Waals surface area contributed by atoms with Gasteiger partial charge in [-0.2, -0.15) is 5.10 Å². The molecule has 7 nitrogen and oxygen atoms in total. The van der Waals surface area contributed by atoms with Gasteiger partial charge in [-0.3, -0.25) is 4.79 Å². The lowest BCUT2D eigenvalue weighted by atomic mass is 9.77. The largest absolute Gasteiger partial charge is 0.494 e. The lowest BCUT2D eigenvalue weighted by Gasteiger charge is -2.34. The van der Waals surface area contributed by atoms with E-state index in [0.717, 1.165) is 31.7 Å². The number of aliphatic hydroxyl groups is 1. The molecule has 0 spiro atoms. The highest BCUT2D eigenvalue weighted by molar-refractivity contribution is 5.76. The van der Waals surface area contributed by atoms with E-state index in [9.17, 15) is 9.90 Å². The molecule has 4 rings (SSSR count). The Bertz CT molecular complexity index is 737. The molecule has 2 fully saturated rings. The van der Waals surface area contributed by atoms with E-state index in [1.165, 1.54) is 6.33 Å². The molecule has 1 N–H and O–H groups in total. The van der Waals surface area contributed by atoms with Crippen molar-refractivity contribution in [3.05, 3.63) is 43.0 Å². The maximum Gasteiger partial charge on any atom is 0.222 e. The summed E-state index contributed by atoms with van der Waals surface area (Å²) in [5.74, 6) is 1.83. The summed E-state index contributed by atoms with van der Waals surface area (Å²) < 4.78 is 7.42. The molecule has 1 aliphatic heterocycles. The van der Waals surface area contributed by atoms with Gasteiger partial charge in [0, 0.05) is 19.5 Å². The molecule has 1 aliphatic carbocycles. The van der Waals surface area contributed by atoms with Crippen molar-refractivity contribution in [2.24, 2.45) is 11.8 Å². The summed E-state index contributed by atoms with van der Waals surface area (Å²) in [6.45, 7) is 2.08. The summed E-state index contributed by atoms with van der Waals surface area (Å²) in [5.41, 5.74) is 0. The summed E-state index contributed by atoms with van der Waals surface area (Å²) in [7, 11) is 0. The molecule has 7 heteroatoms. The molecule has 2 heterocycles. The number of carbonyl (C=O) groups excluding carboxylic acids is 1. The number of amides is 1. The molecule has 2 aliphatic rings. The fraction of sp³-hybridized carbons (Fsp3) is 0.550. The summed E-state index contributed by atoms with van der Waals surface area (Å²) in [6, 6.07) is 9.63. The van der Waals surface area contributed by atoms with Gasteiger partial charge in [0.1, 0.15) is 18.4 Å². The zero-order valence-electron chi connectivity index (χ0n) is 15.4. The number of ether oxygens (including phenoxy) is 1. The molecular weight excluding hydrogens is 344 g/mol. The second-order valence-corrected chi connectivity index (χ2v) is 7.57. The Morgan fingerprint density at radius 3 is 2.70 bits per heavy atom. The molecule has 0 bridgehead atoms.